The largest absolute Gasteiger partial charge is 0.480 e. The highest BCUT2D eigenvalue weighted by Gasteiger charge is 2.75. The molecule has 0 amide bonds. The van der Waals surface area contributed by atoms with Crippen molar-refractivity contribution in [3.05, 3.63) is 0 Å². The minimum absolute atomic E-state index is 0.368. The van der Waals surface area contributed by atoms with Gasteiger partial charge in [-0.15, -0.1) is 0 Å². The lowest BCUT2D eigenvalue weighted by Gasteiger charge is -2.37. The zero-order valence-corrected chi connectivity index (χ0v) is 19.4. The van der Waals surface area contributed by atoms with Crippen molar-refractivity contribution in [3.63, 3.8) is 0 Å². The van der Waals surface area contributed by atoms with E-state index in [2.05, 4.69) is 0 Å². The van der Waals surface area contributed by atoms with Crippen LogP contribution in [0.4, 0.5) is 61.5 Å². The number of halogens is 14. The third-order valence-electron chi connectivity index (χ3n) is 5.26. The molecular weight excluding hydrogens is 580 g/mol. The van der Waals surface area contributed by atoms with E-state index in [1.807, 2.05) is 0 Å². The Balaban J connectivity index is 6.09. The molecule has 0 aliphatic rings. The summed E-state index contributed by atoms with van der Waals surface area (Å²) in [6.07, 6.45) is -36.9. The van der Waals surface area contributed by atoms with E-state index in [4.69, 9.17) is 5.11 Å². The van der Waals surface area contributed by atoms with Crippen LogP contribution >= 0.6 is 0 Å². The van der Waals surface area contributed by atoms with Crippen molar-refractivity contribution in [1.82, 2.24) is 4.31 Å². The van der Waals surface area contributed by atoms with Crippen LogP contribution in [0.15, 0.2) is 0 Å². The average molecular weight is 601 g/mol. The maximum Gasteiger partial charge on any atom is 0.431 e. The molecule has 20 heteroatoms. The molecule has 0 saturated heterocycles. The fraction of sp³-hybridized carbons (Fsp3) is 0.941. The van der Waals surface area contributed by atoms with Crippen LogP contribution in [-0.2, 0) is 14.8 Å². The van der Waals surface area contributed by atoms with Gasteiger partial charge in [0.1, 0.15) is 6.54 Å². The molecule has 0 aromatic heterocycles. The quantitative estimate of drug-likeness (QED) is 0.209. The van der Waals surface area contributed by atoms with Crippen molar-refractivity contribution in [2.24, 2.45) is 5.92 Å². The molecule has 0 fully saturated rings. The number of likely N-dealkylation sites (N-methyl/N-ethyl adjacent to an activating group) is 1. The summed E-state index contributed by atoms with van der Waals surface area (Å²) in [6.45, 7) is -0.300. The van der Waals surface area contributed by atoms with Crippen LogP contribution in [0.3, 0.4) is 0 Å². The minimum atomic E-state index is -6.86. The van der Waals surface area contributed by atoms with Gasteiger partial charge in [-0.2, -0.15) is 57.0 Å². The summed E-state index contributed by atoms with van der Waals surface area (Å²) in [4.78, 5) is 10.7. The van der Waals surface area contributed by atoms with E-state index >= 15 is 0 Å². The summed E-state index contributed by atoms with van der Waals surface area (Å²) in [7, 11) is -4.44. The molecule has 0 saturated carbocycles. The van der Waals surface area contributed by atoms with E-state index in [-0.39, 0.29) is 0 Å². The first-order valence-corrected chi connectivity index (χ1v) is 11.6. The van der Waals surface area contributed by atoms with Crippen LogP contribution in [0.5, 0.6) is 0 Å². The lowest BCUT2D eigenvalue weighted by molar-refractivity contribution is -0.356. The molecule has 0 atom stereocenters. The predicted molar refractivity (Wildman–Crippen MR) is 97.1 cm³/mol. The van der Waals surface area contributed by atoms with Gasteiger partial charge < -0.3 is 5.11 Å². The molecule has 0 aromatic carbocycles. The molecule has 5 nitrogen and oxygen atoms in total. The van der Waals surface area contributed by atoms with Gasteiger partial charge in [0.05, 0.1) is 5.75 Å². The normalized spacial score (nSPS) is 15.1. The summed E-state index contributed by atoms with van der Waals surface area (Å²) >= 11 is 0. The van der Waals surface area contributed by atoms with E-state index in [1.54, 1.807) is 0 Å². The number of carbonyl (C=O) groups is 1. The Bertz CT molecular complexity index is 795. The SMILES string of the molecule is CCN(CC(=O)O)S(=O)(=O)CCCCC(CC(F)(C(F)(F)F)C(F)(F)F)CC(F)(C(F)(F)F)C(F)(F)F. The molecule has 0 aliphatic heterocycles. The van der Waals surface area contributed by atoms with Crippen LogP contribution in [0.1, 0.15) is 39.0 Å². The fourth-order valence-corrected chi connectivity index (χ4v) is 4.79. The summed E-state index contributed by atoms with van der Waals surface area (Å²) in [5.41, 5.74) is -12.6. The van der Waals surface area contributed by atoms with Gasteiger partial charge in [0.2, 0.25) is 10.0 Å². The summed E-state index contributed by atoms with van der Waals surface area (Å²) in [5.74, 6) is -5.87. The van der Waals surface area contributed by atoms with E-state index in [0.717, 1.165) is 0 Å². The molecule has 0 aliphatic carbocycles. The number of hydrogen-bond donors (Lipinski definition) is 1. The smallest absolute Gasteiger partial charge is 0.431 e. The first-order chi connectivity index (χ1) is 16.2. The third kappa shape index (κ3) is 8.71. The van der Waals surface area contributed by atoms with Crippen molar-refractivity contribution < 1.29 is 79.8 Å². The lowest BCUT2D eigenvalue weighted by atomic mass is 9.80. The number of carboxylic acids is 1. The molecule has 37 heavy (non-hydrogen) atoms. The monoisotopic (exact) mass is 601 g/mol. The number of unbranched alkanes of at least 4 members (excludes halogenated alkanes) is 1. The first kappa shape index (κ1) is 35.4. The Hall–Kier alpha value is -1.60. The third-order valence-corrected chi connectivity index (χ3v) is 7.24. The highest BCUT2D eigenvalue weighted by atomic mass is 32.2. The van der Waals surface area contributed by atoms with Crippen LogP contribution in [0.25, 0.3) is 0 Å². The number of sulfonamides is 1. The predicted octanol–water partition coefficient (Wildman–Crippen LogP) is 5.96. The highest BCUT2D eigenvalue weighted by molar-refractivity contribution is 7.89. The van der Waals surface area contributed by atoms with Crippen LogP contribution in [-0.4, -0.2) is 78.7 Å². The van der Waals surface area contributed by atoms with E-state index in [9.17, 15) is 74.7 Å². The summed E-state index contributed by atoms with van der Waals surface area (Å²) in [6, 6.07) is 0. The zero-order chi connectivity index (χ0) is 29.9. The molecule has 1 N–H and O–H groups in total. The molecule has 222 valence electrons. The van der Waals surface area contributed by atoms with Gasteiger partial charge in [-0.25, -0.2) is 17.2 Å². The zero-order valence-electron chi connectivity index (χ0n) is 18.6. The molecule has 0 heterocycles. The van der Waals surface area contributed by atoms with Gasteiger partial charge in [-0.05, 0) is 12.3 Å². The summed E-state index contributed by atoms with van der Waals surface area (Å²) in [5, 5.41) is 8.66. The van der Waals surface area contributed by atoms with E-state index in [1.165, 1.54) is 6.92 Å². The van der Waals surface area contributed by atoms with Gasteiger partial charge in [-0.1, -0.05) is 19.8 Å². The van der Waals surface area contributed by atoms with Crippen LogP contribution in [0.2, 0.25) is 0 Å². The second kappa shape index (κ2) is 11.6. The maximum absolute atomic E-state index is 14.1. The number of aliphatic carboxylic acids is 1. The van der Waals surface area contributed by atoms with E-state index < -0.39 is 109 Å². The Morgan fingerprint density at radius 2 is 1.08 bits per heavy atom. The van der Waals surface area contributed by atoms with E-state index in [0.29, 0.717) is 4.31 Å². The van der Waals surface area contributed by atoms with Crippen molar-refractivity contribution >= 4 is 16.0 Å². The second-order valence-corrected chi connectivity index (χ2v) is 10.1. The Labute approximate surface area is 200 Å². The number of carboxylic acid groups (broad SMARTS) is 1. The van der Waals surface area contributed by atoms with Crippen LogP contribution < -0.4 is 0 Å². The van der Waals surface area contributed by atoms with Crippen molar-refractivity contribution in [3.8, 4) is 0 Å². The molecule has 0 unspecified atom stereocenters. The number of nitrogens with zero attached hydrogens (tertiary/aromatic N) is 1. The average Bonchev–Trinajstić information content (AvgIpc) is 2.65. The molecular formula is C17H21F14NO4S. The van der Waals surface area contributed by atoms with Crippen molar-refractivity contribution in [1.29, 1.82) is 0 Å². The Morgan fingerprint density at radius 1 is 0.730 bits per heavy atom. The van der Waals surface area contributed by atoms with Gasteiger partial charge in [0, 0.05) is 19.4 Å². The molecule has 0 spiro atoms. The Morgan fingerprint density at radius 3 is 1.35 bits per heavy atom. The van der Waals surface area contributed by atoms with Gasteiger partial charge in [0.15, 0.2) is 0 Å². The number of alkyl halides is 14. The molecule has 0 aromatic rings. The first-order valence-electron chi connectivity index (χ1n) is 10.0. The topological polar surface area (TPSA) is 74.7 Å². The molecule has 0 radical (unpaired) electrons. The fourth-order valence-electron chi connectivity index (χ4n) is 3.26. The van der Waals surface area contributed by atoms with Gasteiger partial charge >= 0.3 is 30.7 Å². The standard InChI is InChI=1S/C17H21F14NO4S/c1-2-32(9-11(33)34)37(35,36)6-4-3-5-10(7-12(18,14(20,21)22)15(23,24)25)8-13(19,16(26,27)28)17(29,30)31/h10H,2-9H2,1H3,(H,33,34). The van der Waals surface area contributed by atoms with Crippen LogP contribution in [0, 0.1) is 5.92 Å². The van der Waals surface area contributed by atoms with Crippen molar-refractivity contribution in [2.45, 2.75) is 75.1 Å². The number of hydrogen-bond acceptors (Lipinski definition) is 3. The highest BCUT2D eigenvalue weighted by Crippen LogP contribution is 2.55. The minimum Gasteiger partial charge on any atom is -0.480 e. The van der Waals surface area contributed by atoms with Crippen molar-refractivity contribution in [2.75, 3.05) is 18.8 Å². The summed E-state index contributed by atoms with van der Waals surface area (Å²) < 4.78 is 207. The molecule has 0 rings (SSSR count). The number of rotatable bonds is 13. The lowest BCUT2D eigenvalue weighted by Crippen LogP contribution is -2.57. The maximum atomic E-state index is 14.1. The van der Waals surface area contributed by atoms with Gasteiger partial charge in [-0.3, -0.25) is 4.79 Å². The second-order valence-electron chi connectivity index (χ2n) is 8.00. The van der Waals surface area contributed by atoms with Gasteiger partial charge in [0.25, 0.3) is 11.3 Å². The Kier molecular flexibility index (Phi) is 11.1. The molecule has 0 bridgehead atoms.